The number of halogens is 3. The fourth-order valence-electron chi connectivity index (χ4n) is 12.9. The highest BCUT2D eigenvalue weighted by Gasteiger charge is 2.42. The van der Waals surface area contributed by atoms with E-state index in [1.165, 1.54) is 53.5 Å². The molecule has 0 radical (unpaired) electrons. The van der Waals surface area contributed by atoms with Gasteiger partial charge in [0.15, 0.2) is 5.96 Å². The lowest BCUT2D eigenvalue weighted by Gasteiger charge is -2.30. The molecule has 1 fully saturated rings. The van der Waals surface area contributed by atoms with Gasteiger partial charge in [-0.1, -0.05) is 74.5 Å². The molecule has 3 heterocycles. The Kier molecular flexibility index (Phi) is 42.5. The zero-order valence-corrected chi connectivity index (χ0v) is 69.8. The molecule has 14 amide bonds. The number of carboxylic acids is 2. The summed E-state index contributed by atoms with van der Waals surface area (Å²) in [6, 6.07) is 2.94. The molecule has 1 aliphatic heterocycles. The van der Waals surface area contributed by atoms with E-state index in [1.807, 2.05) is 0 Å². The summed E-state index contributed by atoms with van der Waals surface area (Å²) in [6.07, 6.45) is -0.445. The number of primary amides is 1. The first-order valence-electron chi connectivity index (χ1n) is 39.8. The lowest BCUT2D eigenvalue weighted by molar-refractivity contribution is -0.192. The van der Waals surface area contributed by atoms with Crippen molar-refractivity contribution in [2.75, 3.05) is 51.4 Å². The first-order valence-corrected chi connectivity index (χ1v) is 41.2. The van der Waals surface area contributed by atoms with Crippen LogP contribution in [0.25, 0.3) is 10.9 Å². The zero-order valence-electron chi connectivity index (χ0n) is 69.0. The molecule has 0 aliphatic carbocycles. The number of aliphatic hydroxyl groups excluding tert-OH is 2. The number of rotatable bonds is 50. The second-order valence-corrected chi connectivity index (χ2v) is 30.4. The number of aliphatic hydroxyl groups is 2. The van der Waals surface area contributed by atoms with E-state index in [2.05, 4.69) is 84.1 Å². The number of alkyl halides is 3. The Morgan fingerprint density at radius 3 is 1.59 bits per heavy atom. The third-order valence-electron chi connectivity index (χ3n) is 19.5. The van der Waals surface area contributed by atoms with Crippen LogP contribution >= 0.6 is 11.8 Å². The van der Waals surface area contributed by atoms with Crippen LogP contribution in [0.1, 0.15) is 107 Å². The average Bonchev–Trinajstić information content (AvgIpc) is 1.79. The van der Waals surface area contributed by atoms with Crippen molar-refractivity contribution >= 4 is 123 Å². The van der Waals surface area contributed by atoms with Crippen LogP contribution in [0.4, 0.5) is 13.2 Å². The Bertz CT molecular complexity index is 4490. The van der Waals surface area contributed by atoms with Crippen LogP contribution in [0.2, 0.25) is 0 Å². The number of carbonyl (C=O) groups is 16. The van der Waals surface area contributed by atoms with Crippen molar-refractivity contribution in [2.45, 2.75) is 189 Å². The molecule has 46 heteroatoms. The van der Waals surface area contributed by atoms with Gasteiger partial charge in [-0.05, 0) is 117 Å². The lowest BCUT2D eigenvalue weighted by atomic mass is 10.0. The number of aromatic nitrogens is 3. The molecule has 684 valence electrons. The second-order valence-electron chi connectivity index (χ2n) is 29.5. The van der Waals surface area contributed by atoms with Crippen molar-refractivity contribution in [3.05, 3.63) is 120 Å². The number of hydrogen-bond donors (Lipinski definition) is 24. The molecule has 0 saturated carbocycles. The van der Waals surface area contributed by atoms with Gasteiger partial charge in [0.25, 0.3) is 0 Å². The number of phenolic OH excluding ortho intramolecular Hbond substituents is 1. The summed E-state index contributed by atoms with van der Waals surface area (Å²) in [5.41, 5.74) is 19.3. The van der Waals surface area contributed by atoms with Crippen LogP contribution in [-0.2, 0) is 102 Å². The van der Waals surface area contributed by atoms with Crippen molar-refractivity contribution in [3.8, 4) is 5.75 Å². The molecule has 1 aliphatic rings. The molecule has 125 heavy (non-hydrogen) atoms. The number of likely N-dealkylation sites (tertiary alicyclic amines) is 1. The SMILES string of the molecule is CSCC[C@H](NC(=O)[C@H](CO)NC(=O)[C@H](Cc1ccc(O)cc1)NC(=O)[C@H](CO)NC(C)=O)C(=O)N[C@@H](CCC(=O)O)C(=O)N[C@@H](Cc1cnc[nH]1)C(=O)N[C@H](Cc1ccccc1)C(=O)N[C@@H](CCCNC(=N)N)C(=O)N[C@@H](Cc1c[nH]c2ccccc12)C(=O)NCC(=O)N[C@@H](CCCCN)C(=O)N1CCC[C@H]1C(=O)N[C@H](C(N)=O)C(C)C.O=C(O)C(F)(F)F. The number of amides is 14. The summed E-state index contributed by atoms with van der Waals surface area (Å²) in [5.74, 6) is -17.7. The maximum atomic E-state index is 15.2. The number of unbranched alkanes of at least 4 members (excludes halogenated alkanes) is 1. The van der Waals surface area contributed by atoms with Crippen molar-refractivity contribution in [2.24, 2.45) is 23.1 Å². The number of phenols is 1. The maximum absolute atomic E-state index is 15.2. The van der Waals surface area contributed by atoms with Crippen molar-refractivity contribution in [1.29, 1.82) is 5.41 Å². The van der Waals surface area contributed by atoms with Gasteiger partial charge in [-0.15, -0.1) is 0 Å². The van der Waals surface area contributed by atoms with Crippen LogP contribution < -0.4 is 86.3 Å². The van der Waals surface area contributed by atoms with E-state index in [4.69, 9.17) is 32.5 Å². The molecule has 27 N–H and O–H groups in total. The second kappa shape index (κ2) is 51.8. The van der Waals surface area contributed by atoms with Crippen molar-refractivity contribution < 1.29 is 115 Å². The van der Waals surface area contributed by atoms with Gasteiger partial charge in [-0.3, -0.25) is 77.3 Å². The lowest BCUT2D eigenvalue weighted by Crippen LogP contribution is -2.61. The number of para-hydroxylation sites is 1. The minimum Gasteiger partial charge on any atom is -0.508 e. The molecule has 6 rings (SSSR count). The first kappa shape index (κ1) is 103. The molecular weight excluding hydrogens is 1670 g/mol. The summed E-state index contributed by atoms with van der Waals surface area (Å²) in [4.78, 5) is 229. The number of benzene rings is 3. The normalized spacial score (nSPS) is 15.0. The monoisotopic (exact) mass is 1780 g/mol. The van der Waals surface area contributed by atoms with Gasteiger partial charge >= 0.3 is 18.1 Å². The van der Waals surface area contributed by atoms with Gasteiger partial charge in [-0.25, -0.2) is 9.78 Å². The number of guanidine groups is 1. The Morgan fingerprint density at radius 2 is 1.08 bits per heavy atom. The zero-order chi connectivity index (χ0) is 92.6. The summed E-state index contributed by atoms with van der Waals surface area (Å²) in [7, 11) is 0. The van der Waals surface area contributed by atoms with Gasteiger partial charge in [0, 0.05) is 81.1 Å². The number of imidazole rings is 1. The first-order chi connectivity index (χ1) is 59.3. The van der Waals surface area contributed by atoms with Crippen LogP contribution in [-0.4, -0.2) is 276 Å². The number of nitrogens with zero attached hydrogens (tertiary/aromatic N) is 2. The van der Waals surface area contributed by atoms with Crippen LogP contribution in [0.15, 0.2) is 97.6 Å². The topological polar surface area (TPSA) is 680 Å². The number of carbonyl (C=O) groups excluding carboxylic acids is 14. The van der Waals surface area contributed by atoms with E-state index < -0.39 is 218 Å². The van der Waals surface area contributed by atoms with Gasteiger partial charge in [0.05, 0.1) is 26.1 Å². The number of carboxylic acid groups (broad SMARTS) is 2. The predicted octanol–water partition coefficient (Wildman–Crippen LogP) is -3.90. The molecule has 0 bridgehead atoms. The summed E-state index contributed by atoms with van der Waals surface area (Å²) in [6.45, 7) is 2.20. The van der Waals surface area contributed by atoms with Crippen molar-refractivity contribution in [3.63, 3.8) is 0 Å². The maximum Gasteiger partial charge on any atom is 0.490 e. The highest BCUT2D eigenvalue weighted by atomic mass is 32.2. The standard InChI is InChI=1S/C77H109N21O19S.C2HF3O2/c1-42(2)64(65(79)106)97-75(116)61-20-13-30-98(61)76(117)54(18-10-11-28-78)88-62(103)38-85-66(107)57(34-46-36-84-50-17-9-8-16-49(46)50)94-67(108)51(19-12-29-83-77(80)81)89-70(111)55(32-44-14-6-5-7-15-44)92-72(113)58(35-47-37-82-41-86-47)95-68(109)52(25-26-63(104)105)90-69(110)53(27-31-118-4)91-74(115)60(40-100)96-71(112)56(33-45-21-23-48(102)24-22-45)93-73(114)59(39-99)87-43(3)101;3-2(4,5)1(6)7/h5-9,14-17,21-24,36-37,41-42,51-61,64,84,99-100,102H,10-13,18-20,25-35,38-40,78H2,1-4H3,(H2,79,106)(H,82,86)(H,85,107)(H,87,101)(H,88,103)(H,89,111)(H,90,110)(H,91,115)(H,92,113)(H,93,114)(H,94,108)(H,95,109)(H,96,112)(H,97,116)(H,104,105)(H4,80,81,83);(H,6,7)/t51-,52-,53-,54-,55+,56-,57-,58-,59-,60-,61-,64-;/m0./s1. The molecule has 3 aromatic carbocycles. The Hall–Kier alpha value is -13.0. The summed E-state index contributed by atoms with van der Waals surface area (Å²) < 4.78 is 31.7. The highest BCUT2D eigenvalue weighted by Crippen LogP contribution is 2.23. The molecule has 12 atom stereocenters. The molecule has 0 unspecified atom stereocenters. The van der Waals surface area contributed by atoms with Crippen LogP contribution in [0, 0.1) is 11.3 Å². The molecule has 42 nitrogen and oxygen atoms in total. The minimum absolute atomic E-state index is 0.00491. The predicted molar refractivity (Wildman–Crippen MR) is 445 cm³/mol. The summed E-state index contributed by atoms with van der Waals surface area (Å²) in [5, 5.41) is 89.0. The van der Waals surface area contributed by atoms with Crippen LogP contribution in [0.5, 0.6) is 5.75 Å². The van der Waals surface area contributed by atoms with E-state index in [1.54, 1.807) is 80.9 Å². The fourth-order valence-corrected chi connectivity index (χ4v) is 13.4. The summed E-state index contributed by atoms with van der Waals surface area (Å²) >= 11 is 1.23. The average molecular weight is 1780 g/mol. The van der Waals surface area contributed by atoms with Crippen molar-refractivity contribution in [1.82, 2.24) is 89.0 Å². The number of nitrogens with one attached hydrogen (secondary N) is 16. The molecule has 0 spiro atoms. The Balaban J connectivity index is 0.00000379. The van der Waals surface area contributed by atoms with Gasteiger partial charge in [-0.2, -0.15) is 24.9 Å². The van der Waals surface area contributed by atoms with Gasteiger partial charge in [0.2, 0.25) is 82.7 Å². The van der Waals surface area contributed by atoms with E-state index in [0.29, 0.717) is 46.9 Å². The number of hydrogen-bond acceptors (Lipinski definition) is 23. The number of fused-ring (bicyclic) bond motifs is 1. The quantitative estimate of drug-likeness (QED) is 0.0101. The third-order valence-corrected chi connectivity index (χ3v) is 20.1. The molecule has 5 aromatic rings. The number of aromatic amines is 2. The number of aromatic hydroxyl groups is 1. The number of H-pyrrole nitrogens is 2. The molecular formula is C79H110F3N21O21S. The Labute approximate surface area is 719 Å². The third kappa shape index (κ3) is 35.1. The van der Waals surface area contributed by atoms with Gasteiger partial charge < -0.3 is 127 Å². The smallest absolute Gasteiger partial charge is 0.490 e. The van der Waals surface area contributed by atoms with E-state index in [-0.39, 0.29) is 94.1 Å². The largest absolute Gasteiger partial charge is 0.508 e. The Morgan fingerprint density at radius 1 is 0.584 bits per heavy atom. The molecule has 1 saturated heterocycles. The fraction of sp³-hybridized carbons (Fsp3) is 0.494. The number of nitrogens with two attached hydrogens (primary N) is 3. The van der Waals surface area contributed by atoms with Gasteiger partial charge in [0.1, 0.15) is 78.3 Å². The van der Waals surface area contributed by atoms with Crippen LogP contribution in [0.3, 0.4) is 0 Å². The van der Waals surface area contributed by atoms with E-state index in [0.717, 1.165) is 6.92 Å². The molecule has 2 aromatic heterocycles. The van der Waals surface area contributed by atoms with E-state index >= 15 is 14.4 Å². The number of aliphatic carboxylic acids is 2. The number of thioether (sulfide) groups is 1. The highest BCUT2D eigenvalue weighted by molar-refractivity contribution is 7.98. The minimum atomic E-state index is -5.08. The van der Waals surface area contributed by atoms with E-state index in [9.17, 15) is 91.1 Å².